The number of ether oxygens (including phenoxy) is 3. The number of carbonyl (C=O) groups is 1. The van der Waals surface area contributed by atoms with Crippen LogP contribution in [0, 0.1) is 6.92 Å². The predicted octanol–water partition coefficient (Wildman–Crippen LogP) is 4.08. The van der Waals surface area contributed by atoms with Crippen LogP contribution in [-0.2, 0) is 28.9 Å². The zero-order valence-electron chi connectivity index (χ0n) is 22.4. The highest BCUT2D eigenvalue weighted by Crippen LogP contribution is 2.52. The molecule has 2 aromatic carbocycles. The summed E-state index contributed by atoms with van der Waals surface area (Å²) in [6.07, 6.45) is -1.42. The lowest BCUT2D eigenvalue weighted by Gasteiger charge is -2.31. The predicted molar refractivity (Wildman–Crippen MR) is 141 cm³/mol. The van der Waals surface area contributed by atoms with Gasteiger partial charge in [-0.2, -0.15) is 0 Å². The SMILES string of the molecule is Cc1ccc(S(=O)(=O)[C@H]2[C@H](O/N=C/c3ccccc3)[C@@H]3[C@H]4OC(C)(C)O[C@H]4[C@H]2N3C(=O)OC(C)(C)C)cc1. The van der Waals surface area contributed by atoms with E-state index in [1.807, 2.05) is 37.3 Å². The van der Waals surface area contributed by atoms with Gasteiger partial charge in [0.05, 0.1) is 17.2 Å². The highest BCUT2D eigenvalue weighted by atomic mass is 32.2. The quantitative estimate of drug-likeness (QED) is 0.414. The van der Waals surface area contributed by atoms with Crippen molar-refractivity contribution in [3.8, 4) is 0 Å². The van der Waals surface area contributed by atoms with Gasteiger partial charge < -0.3 is 19.0 Å². The van der Waals surface area contributed by atoms with E-state index in [4.69, 9.17) is 19.0 Å². The molecule has 0 aromatic heterocycles. The second kappa shape index (κ2) is 9.36. The van der Waals surface area contributed by atoms with Crippen molar-refractivity contribution in [2.45, 2.75) is 93.5 Å². The summed E-state index contributed by atoms with van der Waals surface area (Å²) in [6, 6.07) is 14.3. The van der Waals surface area contributed by atoms with Crippen molar-refractivity contribution in [2.75, 3.05) is 0 Å². The van der Waals surface area contributed by atoms with Gasteiger partial charge in [0, 0.05) is 0 Å². The Bertz CT molecular complexity index is 1320. The maximum absolute atomic E-state index is 14.2. The van der Waals surface area contributed by atoms with E-state index in [9.17, 15) is 13.2 Å². The van der Waals surface area contributed by atoms with Crippen molar-refractivity contribution in [3.05, 3.63) is 65.7 Å². The molecule has 5 rings (SSSR count). The topological polar surface area (TPSA) is 104 Å². The molecule has 2 bridgehead atoms. The van der Waals surface area contributed by atoms with E-state index in [-0.39, 0.29) is 4.90 Å². The van der Waals surface area contributed by atoms with E-state index in [0.717, 1.165) is 11.1 Å². The molecular weight excluding hydrogens is 508 g/mol. The van der Waals surface area contributed by atoms with Crippen LogP contribution in [0.3, 0.4) is 0 Å². The highest BCUT2D eigenvalue weighted by molar-refractivity contribution is 7.92. The second-order valence-electron chi connectivity index (χ2n) is 11.5. The number of rotatable bonds is 5. The first-order chi connectivity index (χ1) is 17.8. The molecule has 0 radical (unpaired) electrons. The normalized spacial score (nSPS) is 30.0. The first-order valence-corrected chi connectivity index (χ1v) is 14.2. The van der Waals surface area contributed by atoms with Gasteiger partial charge in [0.15, 0.2) is 21.7 Å². The Morgan fingerprint density at radius 1 is 1.00 bits per heavy atom. The number of sulfone groups is 1. The minimum Gasteiger partial charge on any atom is -0.444 e. The summed E-state index contributed by atoms with van der Waals surface area (Å²) < 4.78 is 46.4. The van der Waals surface area contributed by atoms with E-state index in [0.29, 0.717) is 0 Å². The number of nitrogens with zero attached hydrogens (tertiary/aromatic N) is 2. The molecular formula is C28H34N2O7S. The fraction of sp³-hybridized carbons (Fsp3) is 0.500. The molecule has 0 spiro atoms. The van der Waals surface area contributed by atoms with Crippen molar-refractivity contribution in [3.63, 3.8) is 0 Å². The fourth-order valence-electron chi connectivity index (χ4n) is 5.57. The average Bonchev–Trinajstić information content (AvgIpc) is 3.42. The van der Waals surface area contributed by atoms with Crippen molar-refractivity contribution in [1.29, 1.82) is 0 Å². The van der Waals surface area contributed by atoms with Crippen LogP contribution in [0.4, 0.5) is 4.79 Å². The van der Waals surface area contributed by atoms with Crippen LogP contribution in [0.5, 0.6) is 0 Å². The van der Waals surface area contributed by atoms with E-state index in [1.54, 1.807) is 58.9 Å². The third-order valence-electron chi connectivity index (χ3n) is 6.97. The summed E-state index contributed by atoms with van der Waals surface area (Å²) in [5, 5.41) is 3.01. The molecule has 0 N–H and O–H groups in total. The van der Waals surface area contributed by atoms with Crippen LogP contribution in [0.15, 0.2) is 64.6 Å². The van der Waals surface area contributed by atoms with Crippen molar-refractivity contribution >= 4 is 22.1 Å². The summed E-state index contributed by atoms with van der Waals surface area (Å²) in [5.74, 6) is -0.952. The molecule has 3 aliphatic rings. The molecule has 204 valence electrons. The number of oxime groups is 1. The summed E-state index contributed by atoms with van der Waals surface area (Å²) in [5.41, 5.74) is 0.932. The average molecular weight is 543 g/mol. The molecule has 1 amide bonds. The number of hydrogen-bond donors (Lipinski definition) is 0. The van der Waals surface area contributed by atoms with Crippen molar-refractivity contribution in [2.24, 2.45) is 5.16 Å². The van der Waals surface area contributed by atoms with E-state index >= 15 is 0 Å². The Morgan fingerprint density at radius 3 is 2.21 bits per heavy atom. The Morgan fingerprint density at radius 2 is 1.61 bits per heavy atom. The minimum atomic E-state index is -4.00. The van der Waals surface area contributed by atoms with E-state index in [1.165, 1.54) is 11.1 Å². The van der Waals surface area contributed by atoms with Crippen LogP contribution in [0.25, 0.3) is 0 Å². The maximum atomic E-state index is 14.2. The van der Waals surface area contributed by atoms with Gasteiger partial charge in [-0.05, 0) is 59.2 Å². The van der Waals surface area contributed by atoms with Gasteiger partial charge in [-0.3, -0.25) is 4.90 Å². The summed E-state index contributed by atoms with van der Waals surface area (Å²) in [6.45, 7) is 10.7. The largest absolute Gasteiger partial charge is 0.444 e. The second-order valence-corrected chi connectivity index (χ2v) is 13.6. The lowest BCUT2D eigenvalue weighted by Crippen LogP contribution is -2.54. The molecule has 3 fully saturated rings. The van der Waals surface area contributed by atoms with Gasteiger partial charge in [0.25, 0.3) is 0 Å². The maximum Gasteiger partial charge on any atom is 0.411 e. The smallest absolute Gasteiger partial charge is 0.411 e. The Balaban J connectivity index is 1.59. The number of hydrogen-bond acceptors (Lipinski definition) is 8. The zero-order valence-corrected chi connectivity index (χ0v) is 23.2. The highest BCUT2D eigenvalue weighted by Gasteiger charge is 2.74. The van der Waals surface area contributed by atoms with Crippen LogP contribution >= 0.6 is 0 Å². The van der Waals surface area contributed by atoms with Crippen LogP contribution in [0.1, 0.15) is 45.7 Å². The zero-order chi connectivity index (χ0) is 27.5. The summed E-state index contributed by atoms with van der Waals surface area (Å²) >= 11 is 0. The van der Waals surface area contributed by atoms with Crippen LogP contribution in [-0.4, -0.2) is 72.7 Å². The minimum absolute atomic E-state index is 0.139. The molecule has 3 aliphatic heterocycles. The summed E-state index contributed by atoms with van der Waals surface area (Å²) in [4.78, 5) is 21.1. The standard InChI is InChI=1S/C28H34N2O7S/c1-17-12-14-19(15-13-17)38(32,33)25-21-23-22(34-28(5,6)35-23)20(30(21)26(31)36-27(2,3)4)24(25)37-29-16-18-10-8-7-9-11-18/h7-16,20-25H,1-6H3/b29-16+/t20-,21+,22+,23-,24+,25+/m0/s1. The van der Waals surface area contributed by atoms with Gasteiger partial charge in [0.2, 0.25) is 0 Å². The lowest BCUT2D eigenvalue weighted by atomic mass is 9.92. The Hall–Kier alpha value is -2.95. The fourth-order valence-corrected chi connectivity index (χ4v) is 7.61. The number of aryl methyl sites for hydroxylation is 1. The molecule has 6 atom stereocenters. The molecule has 3 heterocycles. The summed E-state index contributed by atoms with van der Waals surface area (Å²) in [7, 11) is -4.00. The number of fused-ring (bicyclic) bond motifs is 5. The molecule has 2 aromatic rings. The third kappa shape index (κ3) is 4.81. The number of amides is 1. The molecule has 10 heteroatoms. The number of carbonyl (C=O) groups excluding carboxylic acids is 1. The lowest BCUT2D eigenvalue weighted by molar-refractivity contribution is -0.164. The first kappa shape index (κ1) is 26.6. The van der Waals surface area contributed by atoms with Crippen molar-refractivity contribution < 1.29 is 32.3 Å². The Labute approximate surface area is 223 Å². The van der Waals surface area contributed by atoms with Crippen LogP contribution in [0.2, 0.25) is 0 Å². The molecule has 0 saturated carbocycles. The van der Waals surface area contributed by atoms with Gasteiger partial charge in [-0.1, -0.05) is 53.2 Å². The van der Waals surface area contributed by atoms with Crippen LogP contribution < -0.4 is 0 Å². The molecule has 3 saturated heterocycles. The van der Waals surface area contributed by atoms with Gasteiger partial charge >= 0.3 is 6.09 Å². The van der Waals surface area contributed by atoms with Gasteiger partial charge in [0.1, 0.15) is 29.1 Å². The van der Waals surface area contributed by atoms with E-state index in [2.05, 4.69) is 5.16 Å². The first-order valence-electron chi connectivity index (χ1n) is 12.7. The monoisotopic (exact) mass is 542 g/mol. The molecule has 0 aliphatic carbocycles. The van der Waals surface area contributed by atoms with E-state index < -0.39 is 63.0 Å². The van der Waals surface area contributed by atoms with Gasteiger partial charge in [-0.15, -0.1) is 0 Å². The van der Waals surface area contributed by atoms with Crippen molar-refractivity contribution in [1.82, 2.24) is 4.90 Å². The molecule has 38 heavy (non-hydrogen) atoms. The third-order valence-corrected chi connectivity index (χ3v) is 9.17. The molecule has 0 unspecified atom stereocenters. The Kier molecular flexibility index (Phi) is 6.56. The van der Waals surface area contributed by atoms with Gasteiger partial charge in [-0.25, -0.2) is 13.2 Å². The number of benzene rings is 2. The molecule has 9 nitrogen and oxygen atoms in total.